The van der Waals surface area contributed by atoms with Gasteiger partial charge in [-0.05, 0) is 54.7 Å². The van der Waals surface area contributed by atoms with Gasteiger partial charge in [-0.15, -0.1) is 0 Å². The molecule has 1 N–H and O–H groups in total. The summed E-state index contributed by atoms with van der Waals surface area (Å²) in [5.41, 5.74) is 2.52. The molecule has 1 atom stereocenters. The van der Waals surface area contributed by atoms with Crippen LogP contribution in [0.25, 0.3) is 0 Å². The van der Waals surface area contributed by atoms with E-state index in [1.165, 1.54) is 6.07 Å². The van der Waals surface area contributed by atoms with Crippen molar-refractivity contribution in [1.29, 1.82) is 0 Å². The van der Waals surface area contributed by atoms with Crippen LogP contribution >= 0.6 is 12.2 Å². The second-order valence-corrected chi connectivity index (χ2v) is 6.79. The minimum Gasteiger partial charge on any atom is -0.497 e. The maximum atomic E-state index is 14.6. The second kappa shape index (κ2) is 7.40. The molecular formula is C21H20FN3OS. The number of aromatic nitrogens is 1. The van der Waals surface area contributed by atoms with Gasteiger partial charge in [0.25, 0.3) is 0 Å². The van der Waals surface area contributed by atoms with Crippen LogP contribution in [0.4, 0.5) is 10.1 Å². The normalized spacial score (nSPS) is 15.9. The summed E-state index contributed by atoms with van der Waals surface area (Å²) in [5, 5.41) is 3.85. The topological polar surface area (TPSA) is 29.4 Å². The number of hydrogen-bond acceptors (Lipinski definition) is 2. The molecule has 0 fully saturated rings. The van der Waals surface area contributed by atoms with Crippen LogP contribution in [0.2, 0.25) is 0 Å². The van der Waals surface area contributed by atoms with Gasteiger partial charge in [0.05, 0.1) is 13.2 Å². The van der Waals surface area contributed by atoms with Crippen molar-refractivity contribution >= 4 is 23.0 Å². The maximum absolute atomic E-state index is 14.6. The molecule has 4 nitrogen and oxygen atoms in total. The van der Waals surface area contributed by atoms with Crippen molar-refractivity contribution in [2.24, 2.45) is 0 Å². The monoisotopic (exact) mass is 381 g/mol. The molecule has 1 aliphatic heterocycles. The Bertz CT molecular complexity index is 954. The zero-order chi connectivity index (χ0) is 18.8. The van der Waals surface area contributed by atoms with Gasteiger partial charge in [0.1, 0.15) is 11.6 Å². The van der Waals surface area contributed by atoms with Crippen LogP contribution in [0, 0.1) is 5.82 Å². The Labute approximate surface area is 163 Å². The van der Waals surface area contributed by atoms with E-state index < -0.39 is 0 Å². The highest BCUT2D eigenvalue weighted by Crippen LogP contribution is 2.34. The summed E-state index contributed by atoms with van der Waals surface area (Å²) >= 11 is 5.69. The molecule has 1 aliphatic rings. The largest absolute Gasteiger partial charge is 0.497 e. The van der Waals surface area contributed by atoms with E-state index in [2.05, 4.69) is 9.88 Å². The van der Waals surface area contributed by atoms with Gasteiger partial charge in [0.15, 0.2) is 5.11 Å². The van der Waals surface area contributed by atoms with Crippen LogP contribution in [0.5, 0.6) is 5.75 Å². The smallest absolute Gasteiger partial charge is 0.174 e. The zero-order valence-electron chi connectivity index (χ0n) is 14.9. The Kier molecular flexibility index (Phi) is 4.81. The fraction of sp³-hybridized carbons (Fsp3) is 0.190. The summed E-state index contributed by atoms with van der Waals surface area (Å²) < 4.78 is 22.0. The molecule has 0 saturated carbocycles. The molecule has 0 aliphatic carbocycles. The first-order chi connectivity index (χ1) is 13.2. The summed E-state index contributed by atoms with van der Waals surface area (Å²) in [5.74, 6) is 0.556. The van der Waals surface area contributed by atoms with E-state index in [0.29, 0.717) is 17.2 Å². The molecule has 0 spiro atoms. The van der Waals surface area contributed by atoms with Crippen molar-refractivity contribution in [2.45, 2.75) is 12.6 Å². The van der Waals surface area contributed by atoms with Gasteiger partial charge in [-0.2, -0.15) is 0 Å². The Morgan fingerprint density at radius 1 is 1.07 bits per heavy atom. The predicted molar refractivity (Wildman–Crippen MR) is 109 cm³/mol. The van der Waals surface area contributed by atoms with Crippen molar-refractivity contribution in [3.63, 3.8) is 0 Å². The van der Waals surface area contributed by atoms with Crippen LogP contribution in [-0.4, -0.2) is 28.2 Å². The molecule has 0 saturated heterocycles. The molecule has 0 bridgehead atoms. The van der Waals surface area contributed by atoms with Gasteiger partial charge in [0.2, 0.25) is 0 Å². The molecule has 6 heteroatoms. The van der Waals surface area contributed by atoms with E-state index in [0.717, 1.165) is 23.7 Å². The van der Waals surface area contributed by atoms with Crippen LogP contribution < -0.4 is 10.1 Å². The zero-order valence-corrected chi connectivity index (χ0v) is 15.7. The lowest BCUT2D eigenvalue weighted by Crippen LogP contribution is -2.44. The summed E-state index contributed by atoms with van der Waals surface area (Å²) in [6, 6.07) is 18.2. The summed E-state index contributed by atoms with van der Waals surface area (Å²) in [7, 11) is 1.63. The SMILES string of the molecule is COc1ccc(NC(=S)N2CCn3cccc3[C@@H]2c2ccccc2F)cc1. The third-order valence-electron chi connectivity index (χ3n) is 4.84. The van der Waals surface area contributed by atoms with Crippen molar-refractivity contribution in [2.75, 3.05) is 19.0 Å². The van der Waals surface area contributed by atoms with Crippen LogP contribution in [0.1, 0.15) is 17.3 Å². The molecule has 1 aromatic heterocycles. The Morgan fingerprint density at radius 3 is 2.59 bits per heavy atom. The van der Waals surface area contributed by atoms with Crippen LogP contribution in [0.15, 0.2) is 66.9 Å². The first kappa shape index (κ1) is 17.5. The van der Waals surface area contributed by atoms with E-state index in [9.17, 15) is 4.39 Å². The standard InChI is InChI=1S/C21H20FN3OS/c1-26-16-10-8-15(9-11-16)23-21(27)25-14-13-24-12-4-7-19(24)20(25)17-5-2-3-6-18(17)22/h2-12,20H,13-14H2,1H3,(H,23,27)/t20-/m0/s1. The van der Waals surface area contributed by atoms with Crippen LogP contribution in [-0.2, 0) is 6.54 Å². The van der Waals surface area contributed by atoms with Crippen molar-refractivity contribution < 1.29 is 9.13 Å². The number of fused-ring (bicyclic) bond motifs is 1. The third-order valence-corrected chi connectivity index (χ3v) is 5.18. The van der Waals surface area contributed by atoms with Gasteiger partial charge in [-0.1, -0.05) is 18.2 Å². The third kappa shape index (κ3) is 3.40. The molecule has 0 unspecified atom stereocenters. The number of methoxy groups -OCH3 is 1. The Morgan fingerprint density at radius 2 is 1.85 bits per heavy atom. The highest BCUT2D eigenvalue weighted by molar-refractivity contribution is 7.80. The fourth-order valence-corrected chi connectivity index (χ4v) is 3.81. The number of rotatable bonds is 3. The number of anilines is 1. The van der Waals surface area contributed by atoms with E-state index in [-0.39, 0.29) is 11.9 Å². The maximum Gasteiger partial charge on any atom is 0.174 e. The predicted octanol–water partition coefficient (Wildman–Crippen LogP) is 4.44. The van der Waals surface area contributed by atoms with Gasteiger partial charge >= 0.3 is 0 Å². The van der Waals surface area contributed by atoms with Gasteiger partial charge < -0.3 is 19.5 Å². The second-order valence-electron chi connectivity index (χ2n) is 6.40. The molecule has 0 amide bonds. The molecule has 3 aromatic rings. The number of nitrogens with one attached hydrogen (secondary N) is 1. The van der Waals surface area contributed by atoms with Gasteiger partial charge in [-0.3, -0.25) is 0 Å². The number of thiocarbonyl (C=S) groups is 1. The van der Waals surface area contributed by atoms with Gasteiger partial charge in [-0.25, -0.2) is 4.39 Å². The minimum atomic E-state index is -0.270. The number of benzene rings is 2. The summed E-state index contributed by atoms with van der Waals surface area (Å²) in [6.07, 6.45) is 2.03. The number of halogens is 1. The molecule has 2 heterocycles. The summed E-state index contributed by atoms with van der Waals surface area (Å²) in [6.45, 7) is 1.50. The van der Waals surface area contributed by atoms with E-state index in [1.54, 1.807) is 13.2 Å². The lowest BCUT2D eigenvalue weighted by atomic mass is 10.00. The molecule has 138 valence electrons. The fourth-order valence-electron chi connectivity index (χ4n) is 3.50. The number of ether oxygens (including phenoxy) is 1. The molecule has 0 radical (unpaired) electrons. The van der Waals surface area contributed by atoms with E-state index in [1.807, 2.05) is 59.6 Å². The lowest BCUT2D eigenvalue weighted by Gasteiger charge is -2.39. The average Bonchev–Trinajstić information content (AvgIpc) is 3.17. The summed E-state index contributed by atoms with van der Waals surface area (Å²) in [4.78, 5) is 2.05. The average molecular weight is 381 g/mol. The lowest BCUT2D eigenvalue weighted by molar-refractivity contribution is 0.288. The molecular weight excluding hydrogens is 361 g/mol. The number of hydrogen-bond donors (Lipinski definition) is 1. The highest BCUT2D eigenvalue weighted by atomic mass is 32.1. The first-order valence-corrected chi connectivity index (χ1v) is 9.19. The van der Waals surface area contributed by atoms with Crippen molar-refractivity contribution in [3.05, 3.63) is 83.9 Å². The first-order valence-electron chi connectivity index (χ1n) is 8.78. The Balaban J connectivity index is 1.65. The van der Waals surface area contributed by atoms with Crippen molar-refractivity contribution in [3.8, 4) is 5.75 Å². The van der Waals surface area contributed by atoms with Gasteiger partial charge in [0, 0.05) is 36.2 Å². The quantitative estimate of drug-likeness (QED) is 0.680. The highest BCUT2D eigenvalue weighted by Gasteiger charge is 2.32. The Hall–Kier alpha value is -2.86. The van der Waals surface area contributed by atoms with E-state index in [4.69, 9.17) is 17.0 Å². The molecule has 2 aromatic carbocycles. The van der Waals surface area contributed by atoms with E-state index >= 15 is 0 Å². The number of nitrogens with zero attached hydrogens (tertiary/aromatic N) is 2. The van der Waals surface area contributed by atoms with Crippen molar-refractivity contribution in [1.82, 2.24) is 9.47 Å². The minimum absolute atomic E-state index is 0.227. The van der Waals surface area contributed by atoms with Crippen LogP contribution in [0.3, 0.4) is 0 Å². The molecule has 27 heavy (non-hydrogen) atoms. The molecule has 4 rings (SSSR count).